The molecule has 1 fully saturated rings. The molecule has 1 aliphatic heterocycles. The molecule has 2 atom stereocenters. The van der Waals surface area contributed by atoms with Crippen LogP contribution in [0.4, 0.5) is 0 Å². The van der Waals surface area contributed by atoms with E-state index in [2.05, 4.69) is 5.32 Å². The third-order valence-corrected chi connectivity index (χ3v) is 5.15. The van der Waals surface area contributed by atoms with Crippen LogP contribution in [-0.4, -0.2) is 47.9 Å². The van der Waals surface area contributed by atoms with Crippen LogP contribution in [-0.2, 0) is 14.3 Å². The second-order valence-electron chi connectivity index (χ2n) is 6.40. The van der Waals surface area contributed by atoms with Crippen LogP contribution in [0, 0.1) is 0 Å². The molecule has 2 amide bonds. The van der Waals surface area contributed by atoms with Crippen molar-refractivity contribution >= 4 is 41.0 Å². The number of nitrogens with one attached hydrogen (secondary N) is 1. The van der Waals surface area contributed by atoms with E-state index in [1.807, 2.05) is 13.8 Å². The van der Waals surface area contributed by atoms with E-state index in [-0.39, 0.29) is 41.7 Å². The average Bonchev–Trinajstić information content (AvgIpc) is 2.60. The van der Waals surface area contributed by atoms with Crippen molar-refractivity contribution in [3.8, 4) is 0 Å². The van der Waals surface area contributed by atoms with Crippen molar-refractivity contribution in [1.82, 2.24) is 10.2 Å². The summed E-state index contributed by atoms with van der Waals surface area (Å²) < 4.78 is 4.99. The Balaban J connectivity index is 1.78. The molecule has 1 aromatic rings. The zero-order valence-electron chi connectivity index (χ0n) is 14.8. The van der Waals surface area contributed by atoms with E-state index >= 15 is 0 Å². The Morgan fingerprint density at radius 3 is 2.42 bits per heavy atom. The molecule has 1 heterocycles. The van der Waals surface area contributed by atoms with E-state index in [4.69, 9.17) is 27.9 Å². The molecule has 8 heteroatoms. The molecule has 1 saturated heterocycles. The summed E-state index contributed by atoms with van der Waals surface area (Å²) in [6.45, 7) is 3.33. The van der Waals surface area contributed by atoms with Gasteiger partial charge in [0.05, 0.1) is 10.0 Å². The fraction of sp³-hybridized carbons (Fsp3) is 0.500. The summed E-state index contributed by atoms with van der Waals surface area (Å²) in [5, 5.41) is 3.01. The number of benzene rings is 1. The number of nitrogens with zero attached hydrogens (tertiary/aromatic N) is 1. The maximum atomic E-state index is 12.3. The third kappa shape index (κ3) is 5.35. The maximum absolute atomic E-state index is 12.3. The predicted molar refractivity (Wildman–Crippen MR) is 99.4 cm³/mol. The van der Waals surface area contributed by atoms with Gasteiger partial charge in [-0.3, -0.25) is 14.4 Å². The van der Waals surface area contributed by atoms with Gasteiger partial charge in [-0.2, -0.15) is 0 Å². The van der Waals surface area contributed by atoms with Crippen molar-refractivity contribution in [3.63, 3.8) is 0 Å². The summed E-state index contributed by atoms with van der Waals surface area (Å²) in [5.74, 6) is -1.37. The molecule has 0 aromatic heterocycles. The number of hydrogen-bond donors (Lipinski definition) is 1. The largest absolute Gasteiger partial charge is 0.454 e. The number of ether oxygens (including phenoxy) is 1. The van der Waals surface area contributed by atoms with Gasteiger partial charge in [0.25, 0.3) is 11.8 Å². The first-order valence-corrected chi connectivity index (χ1v) is 9.25. The third-order valence-electron chi connectivity index (χ3n) is 4.41. The van der Waals surface area contributed by atoms with Gasteiger partial charge >= 0.3 is 5.97 Å². The molecule has 0 aliphatic carbocycles. The topological polar surface area (TPSA) is 75.7 Å². The first-order valence-electron chi connectivity index (χ1n) is 8.49. The second-order valence-corrected chi connectivity index (χ2v) is 7.22. The van der Waals surface area contributed by atoms with Gasteiger partial charge in [-0.05, 0) is 51.3 Å². The fourth-order valence-electron chi connectivity index (χ4n) is 3.07. The van der Waals surface area contributed by atoms with Gasteiger partial charge in [0.2, 0.25) is 0 Å². The molecule has 0 unspecified atom stereocenters. The SMILES string of the molecule is C[C@@H]1CCC[C@H](C)N1C(=O)COC(=O)CNC(=O)c1ccc(Cl)c(Cl)c1. The van der Waals surface area contributed by atoms with Gasteiger partial charge in [0.15, 0.2) is 6.61 Å². The molecular formula is C18H22Cl2N2O4. The summed E-state index contributed by atoms with van der Waals surface area (Å²) in [5.41, 5.74) is 0.277. The highest BCUT2D eigenvalue weighted by molar-refractivity contribution is 6.42. The van der Waals surface area contributed by atoms with Gasteiger partial charge in [0.1, 0.15) is 6.54 Å². The van der Waals surface area contributed by atoms with Gasteiger partial charge < -0.3 is 15.0 Å². The number of piperidine rings is 1. The maximum Gasteiger partial charge on any atom is 0.325 e. The van der Waals surface area contributed by atoms with E-state index < -0.39 is 11.9 Å². The molecule has 0 saturated carbocycles. The molecule has 0 radical (unpaired) electrons. The van der Waals surface area contributed by atoms with Crippen molar-refractivity contribution in [2.45, 2.75) is 45.2 Å². The second kappa shape index (κ2) is 9.24. The quantitative estimate of drug-likeness (QED) is 0.770. The molecule has 142 valence electrons. The molecule has 0 bridgehead atoms. The smallest absolute Gasteiger partial charge is 0.325 e. The van der Waals surface area contributed by atoms with Crippen molar-refractivity contribution in [3.05, 3.63) is 33.8 Å². The van der Waals surface area contributed by atoms with Crippen LogP contribution in [0.1, 0.15) is 43.5 Å². The number of likely N-dealkylation sites (tertiary alicyclic amines) is 1. The normalized spacial score (nSPS) is 19.8. The van der Waals surface area contributed by atoms with E-state index in [1.54, 1.807) is 4.90 Å². The lowest BCUT2D eigenvalue weighted by Crippen LogP contribution is -2.49. The lowest BCUT2D eigenvalue weighted by Gasteiger charge is -2.38. The standard InChI is InChI=1S/C18H22Cl2N2O4/c1-11-4-3-5-12(2)22(11)16(23)10-26-17(24)9-21-18(25)13-6-7-14(19)15(20)8-13/h6-8,11-12H,3-5,9-10H2,1-2H3,(H,21,25)/t11-,12+. The van der Waals surface area contributed by atoms with Gasteiger partial charge in [-0.1, -0.05) is 23.2 Å². The molecule has 6 nitrogen and oxygen atoms in total. The van der Waals surface area contributed by atoms with Crippen LogP contribution < -0.4 is 5.32 Å². The van der Waals surface area contributed by atoms with Crippen LogP contribution in [0.15, 0.2) is 18.2 Å². The molecule has 1 N–H and O–H groups in total. The fourth-order valence-corrected chi connectivity index (χ4v) is 3.37. The number of rotatable bonds is 5. The number of halogens is 2. The van der Waals surface area contributed by atoms with E-state index in [9.17, 15) is 14.4 Å². The number of amides is 2. The van der Waals surface area contributed by atoms with Crippen LogP contribution >= 0.6 is 23.2 Å². The minimum Gasteiger partial charge on any atom is -0.454 e. The Hall–Kier alpha value is -1.79. The number of carbonyl (C=O) groups excluding carboxylic acids is 3. The number of esters is 1. The van der Waals surface area contributed by atoms with Gasteiger partial charge in [-0.15, -0.1) is 0 Å². The lowest BCUT2D eigenvalue weighted by atomic mass is 9.97. The summed E-state index contributed by atoms with van der Waals surface area (Å²) in [6.07, 6.45) is 2.99. The van der Waals surface area contributed by atoms with E-state index in [1.165, 1.54) is 18.2 Å². The Kier molecular flexibility index (Phi) is 7.29. The Morgan fingerprint density at radius 2 is 1.81 bits per heavy atom. The van der Waals surface area contributed by atoms with Crippen molar-refractivity contribution < 1.29 is 19.1 Å². The van der Waals surface area contributed by atoms with Gasteiger partial charge in [-0.25, -0.2) is 0 Å². The zero-order valence-corrected chi connectivity index (χ0v) is 16.3. The van der Waals surface area contributed by atoms with Crippen LogP contribution in [0.2, 0.25) is 10.0 Å². The highest BCUT2D eigenvalue weighted by Crippen LogP contribution is 2.23. The van der Waals surface area contributed by atoms with E-state index in [0.29, 0.717) is 5.02 Å². The van der Waals surface area contributed by atoms with Gasteiger partial charge in [0, 0.05) is 17.6 Å². The summed E-state index contributed by atoms with van der Waals surface area (Å²) in [4.78, 5) is 37.8. The monoisotopic (exact) mass is 400 g/mol. The summed E-state index contributed by atoms with van der Waals surface area (Å²) in [6, 6.07) is 4.68. The van der Waals surface area contributed by atoms with Crippen molar-refractivity contribution in [2.75, 3.05) is 13.2 Å². The van der Waals surface area contributed by atoms with Crippen LogP contribution in [0.5, 0.6) is 0 Å². The number of carbonyl (C=O) groups is 3. The van der Waals surface area contributed by atoms with E-state index in [0.717, 1.165) is 19.3 Å². The molecule has 0 spiro atoms. The predicted octanol–water partition coefficient (Wildman–Crippen LogP) is 3.06. The minimum atomic E-state index is -0.677. The summed E-state index contributed by atoms with van der Waals surface area (Å²) >= 11 is 11.7. The summed E-state index contributed by atoms with van der Waals surface area (Å²) in [7, 11) is 0. The molecule has 26 heavy (non-hydrogen) atoms. The zero-order chi connectivity index (χ0) is 19.3. The van der Waals surface area contributed by atoms with Crippen LogP contribution in [0.3, 0.4) is 0 Å². The van der Waals surface area contributed by atoms with Crippen molar-refractivity contribution in [1.29, 1.82) is 0 Å². The Morgan fingerprint density at radius 1 is 1.15 bits per heavy atom. The molecule has 2 rings (SSSR count). The first-order chi connectivity index (χ1) is 12.3. The van der Waals surface area contributed by atoms with Crippen molar-refractivity contribution in [2.24, 2.45) is 0 Å². The molecular weight excluding hydrogens is 379 g/mol. The lowest BCUT2D eigenvalue weighted by molar-refractivity contribution is -0.154. The Bertz CT molecular complexity index is 686. The van der Waals surface area contributed by atoms with Crippen LogP contribution in [0.25, 0.3) is 0 Å². The Labute approximate surface area is 162 Å². The molecule has 1 aliphatic rings. The minimum absolute atomic E-state index is 0.138. The molecule has 1 aromatic carbocycles. The first kappa shape index (κ1) is 20.5. The number of hydrogen-bond acceptors (Lipinski definition) is 4. The highest BCUT2D eigenvalue weighted by atomic mass is 35.5. The average molecular weight is 401 g/mol. The highest BCUT2D eigenvalue weighted by Gasteiger charge is 2.29.